The maximum atomic E-state index is 13.0. The highest BCUT2D eigenvalue weighted by atomic mass is 35.5. The van der Waals surface area contributed by atoms with E-state index in [0.29, 0.717) is 35.3 Å². The number of nitrogens with one attached hydrogen (secondary N) is 2. The van der Waals surface area contributed by atoms with Crippen molar-refractivity contribution in [2.45, 2.75) is 31.1 Å². The first-order valence-electron chi connectivity index (χ1n) is 11.5. The Labute approximate surface area is 233 Å². The predicted molar refractivity (Wildman–Crippen MR) is 149 cm³/mol. The van der Waals surface area contributed by atoms with Crippen LogP contribution >= 0.6 is 35.1 Å². The molecular formula is C24H27ClN6O5S2. The lowest BCUT2D eigenvalue weighted by molar-refractivity contribution is -0.384. The highest BCUT2D eigenvalue weighted by Crippen LogP contribution is 2.28. The van der Waals surface area contributed by atoms with Crippen LogP contribution in [0.15, 0.2) is 47.6 Å². The third kappa shape index (κ3) is 7.62. The van der Waals surface area contributed by atoms with Gasteiger partial charge in [-0.25, -0.2) is 0 Å². The van der Waals surface area contributed by atoms with Gasteiger partial charge >= 0.3 is 0 Å². The van der Waals surface area contributed by atoms with Crippen LogP contribution in [0.2, 0.25) is 5.02 Å². The molecule has 1 aromatic heterocycles. The summed E-state index contributed by atoms with van der Waals surface area (Å²) < 4.78 is 7.02. The summed E-state index contributed by atoms with van der Waals surface area (Å²) in [7, 11) is 1.56. The lowest BCUT2D eigenvalue weighted by Gasteiger charge is -2.19. The molecule has 3 aromatic rings. The number of amides is 2. The van der Waals surface area contributed by atoms with Gasteiger partial charge in [0.1, 0.15) is 5.75 Å². The van der Waals surface area contributed by atoms with E-state index in [1.54, 1.807) is 43.1 Å². The summed E-state index contributed by atoms with van der Waals surface area (Å²) in [5, 5.41) is 26.0. The lowest BCUT2D eigenvalue weighted by Crippen LogP contribution is -2.31. The number of nitrogens with zero attached hydrogens (tertiary/aromatic N) is 4. The molecule has 0 bridgehead atoms. The number of carbonyl (C=O) groups is 2. The van der Waals surface area contributed by atoms with Gasteiger partial charge in [0.05, 0.1) is 34.5 Å². The first-order valence-corrected chi connectivity index (χ1v) is 14.3. The van der Waals surface area contributed by atoms with Crippen LogP contribution in [0.5, 0.6) is 5.75 Å². The monoisotopic (exact) mass is 578 g/mol. The molecule has 14 heteroatoms. The Kier molecular flexibility index (Phi) is 10.8. The van der Waals surface area contributed by atoms with E-state index < -0.39 is 16.9 Å². The molecule has 11 nitrogen and oxygen atoms in total. The molecule has 0 radical (unpaired) electrons. The van der Waals surface area contributed by atoms with E-state index >= 15 is 0 Å². The Balaban J connectivity index is 1.72. The zero-order valence-electron chi connectivity index (χ0n) is 21.0. The molecule has 0 aliphatic rings. The fourth-order valence-electron chi connectivity index (χ4n) is 3.49. The van der Waals surface area contributed by atoms with Gasteiger partial charge < -0.3 is 19.9 Å². The van der Waals surface area contributed by atoms with Crippen molar-refractivity contribution in [1.82, 2.24) is 20.1 Å². The van der Waals surface area contributed by atoms with Crippen molar-refractivity contribution in [2.24, 2.45) is 0 Å². The number of ether oxygens (including phenoxy) is 1. The largest absolute Gasteiger partial charge is 0.497 e. The van der Waals surface area contributed by atoms with E-state index in [4.69, 9.17) is 16.3 Å². The van der Waals surface area contributed by atoms with Crippen LogP contribution in [0, 0.1) is 10.1 Å². The van der Waals surface area contributed by atoms with Crippen molar-refractivity contribution in [3.8, 4) is 5.75 Å². The standard InChI is InChI=1S/C24H27ClN6O5S2/c1-4-30-22(19(11-12-37-3)27-23(33)15-5-8-17(36-2)9-6-15)28-29-24(30)38-14-21(32)26-20-13-16(31(34)35)7-10-18(20)25/h5-10,13,19H,4,11-12,14H2,1-3H3,(H,26,32)(H,27,33)/t19-/m1/s1. The van der Waals surface area contributed by atoms with Gasteiger partial charge in [0.25, 0.3) is 11.6 Å². The van der Waals surface area contributed by atoms with Crippen molar-refractivity contribution in [1.29, 1.82) is 0 Å². The van der Waals surface area contributed by atoms with E-state index in [2.05, 4.69) is 20.8 Å². The highest BCUT2D eigenvalue weighted by molar-refractivity contribution is 7.99. The summed E-state index contributed by atoms with van der Waals surface area (Å²) in [5.74, 6) is 1.37. The molecule has 2 amide bonds. The second kappa shape index (κ2) is 14.0. The summed E-state index contributed by atoms with van der Waals surface area (Å²) in [5.41, 5.74) is 0.469. The van der Waals surface area contributed by atoms with Gasteiger partial charge in [0.2, 0.25) is 5.91 Å². The molecule has 3 rings (SSSR count). The minimum Gasteiger partial charge on any atom is -0.497 e. The summed E-state index contributed by atoms with van der Waals surface area (Å²) in [6.07, 6.45) is 2.62. The SMILES string of the molecule is CCn1c(SCC(=O)Nc2cc([N+](=O)[O-])ccc2Cl)nnc1[C@@H](CCSC)NC(=O)c1ccc(OC)cc1. The number of anilines is 1. The van der Waals surface area contributed by atoms with Crippen LogP contribution < -0.4 is 15.4 Å². The number of nitro benzene ring substituents is 1. The number of rotatable bonds is 13. The molecule has 0 aliphatic carbocycles. The highest BCUT2D eigenvalue weighted by Gasteiger charge is 2.24. The van der Waals surface area contributed by atoms with Crippen molar-refractivity contribution >= 4 is 58.3 Å². The molecule has 0 aliphatic heterocycles. The second-order valence-corrected chi connectivity index (χ2v) is 10.2. The Bertz CT molecular complexity index is 1290. The van der Waals surface area contributed by atoms with E-state index in [-0.39, 0.29) is 28.1 Å². The number of nitro groups is 1. The molecule has 0 fully saturated rings. The number of hydrogen-bond donors (Lipinski definition) is 2. The third-order valence-corrected chi connectivity index (χ3v) is 7.35. The first kappa shape index (κ1) is 29.3. The van der Waals surface area contributed by atoms with E-state index in [1.165, 1.54) is 30.0 Å². The van der Waals surface area contributed by atoms with Crippen LogP contribution in [0.1, 0.15) is 35.6 Å². The molecule has 1 heterocycles. The summed E-state index contributed by atoms with van der Waals surface area (Å²) in [4.78, 5) is 36.0. The number of halogens is 1. The molecule has 1 atom stereocenters. The van der Waals surface area contributed by atoms with Crippen molar-refractivity contribution < 1.29 is 19.2 Å². The van der Waals surface area contributed by atoms with Gasteiger partial charge in [-0.1, -0.05) is 23.4 Å². The van der Waals surface area contributed by atoms with Gasteiger partial charge in [0, 0.05) is 24.2 Å². The minimum atomic E-state index is -0.563. The van der Waals surface area contributed by atoms with Crippen LogP contribution in [-0.4, -0.2) is 56.4 Å². The smallest absolute Gasteiger partial charge is 0.271 e. The minimum absolute atomic E-state index is 0.0230. The normalized spacial score (nSPS) is 11.6. The summed E-state index contributed by atoms with van der Waals surface area (Å²) in [6.45, 7) is 2.45. The first-order chi connectivity index (χ1) is 18.3. The van der Waals surface area contributed by atoms with Crippen molar-refractivity contribution in [3.63, 3.8) is 0 Å². The number of hydrogen-bond acceptors (Lipinski definition) is 9. The van der Waals surface area contributed by atoms with Crippen molar-refractivity contribution in [3.05, 3.63) is 69.0 Å². The Morgan fingerprint density at radius 3 is 2.58 bits per heavy atom. The summed E-state index contributed by atoms with van der Waals surface area (Å²) >= 11 is 8.90. The van der Waals surface area contributed by atoms with Crippen LogP contribution in [0.25, 0.3) is 0 Å². The topological polar surface area (TPSA) is 141 Å². The zero-order valence-corrected chi connectivity index (χ0v) is 23.4. The molecular weight excluding hydrogens is 552 g/mol. The fourth-order valence-corrected chi connectivity index (χ4v) is 4.93. The van der Waals surface area contributed by atoms with Gasteiger partial charge in [0.15, 0.2) is 11.0 Å². The Hall–Kier alpha value is -3.29. The molecule has 2 N–H and O–H groups in total. The van der Waals surface area contributed by atoms with Crippen LogP contribution in [-0.2, 0) is 11.3 Å². The van der Waals surface area contributed by atoms with Gasteiger partial charge in [-0.2, -0.15) is 11.8 Å². The number of benzene rings is 2. The second-order valence-electron chi connectivity index (χ2n) is 7.88. The number of non-ortho nitro benzene ring substituents is 1. The number of aromatic nitrogens is 3. The third-order valence-electron chi connectivity index (χ3n) is 5.41. The van der Waals surface area contributed by atoms with E-state index in [0.717, 1.165) is 5.75 Å². The Morgan fingerprint density at radius 2 is 1.95 bits per heavy atom. The molecule has 202 valence electrons. The number of carbonyl (C=O) groups excluding carboxylic acids is 2. The Morgan fingerprint density at radius 1 is 1.21 bits per heavy atom. The quantitative estimate of drug-likeness (QED) is 0.166. The number of thioether (sulfide) groups is 2. The molecule has 2 aromatic carbocycles. The maximum Gasteiger partial charge on any atom is 0.271 e. The molecule has 0 saturated heterocycles. The van der Waals surface area contributed by atoms with Crippen LogP contribution in [0.3, 0.4) is 0 Å². The molecule has 0 spiro atoms. The van der Waals surface area contributed by atoms with Gasteiger partial charge in [-0.15, -0.1) is 10.2 Å². The molecule has 0 saturated carbocycles. The summed E-state index contributed by atoms with van der Waals surface area (Å²) in [6, 6.07) is 10.3. The maximum absolute atomic E-state index is 13.0. The molecule has 0 unspecified atom stereocenters. The number of methoxy groups -OCH3 is 1. The van der Waals surface area contributed by atoms with Crippen molar-refractivity contribution in [2.75, 3.05) is 30.2 Å². The average molecular weight is 579 g/mol. The van der Waals surface area contributed by atoms with Crippen LogP contribution in [0.4, 0.5) is 11.4 Å². The van der Waals surface area contributed by atoms with E-state index in [9.17, 15) is 19.7 Å². The average Bonchev–Trinajstić information content (AvgIpc) is 3.33. The predicted octanol–water partition coefficient (Wildman–Crippen LogP) is 4.82. The van der Waals surface area contributed by atoms with E-state index in [1.807, 2.05) is 17.7 Å². The van der Waals surface area contributed by atoms with Gasteiger partial charge in [-0.05, 0) is 55.7 Å². The zero-order chi connectivity index (χ0) is 27.7. The van der Waals surface area contributed by atoms with Gasteiger partial charge in [-0.3, -0.25) is 19.7 Å². The molecule has 38 heavy (non-hydrogen) atoms. The lowest BCUT2D eigenvalue weighted by atomic mass is 10.1. The fraction of sp³-hybridized carbons (Fsp3) is 0.333.